The first kappa shape index (κ1) is 18.3. The molecule has 1 aliphatic rings. The number of piperidine rings is 1. The van der Waals surface area contributed by atoms with E-state index < -0.39 is 0 Å². The topological polar surface area (TPSA) is 84.8 Å². The lowest BCUT2D eigenvalue weighted by molar-refractivity contribution is -0.897. The van der Waals surface area contributed by atoms with Gasteiger partial charge in [0, 0.05) is 36.0 Å². The number of carbonyl (C=O) groups excluding carboxylic acids is 2. The largest absolute Gasteiger partial charge is 0.497 e. The molecule has 138 valence electrons. The summed E-state index contributed by atoms with van der Waals surface area (Å²) in [5.74, 6) is 0.646. The molecule has 7 nitrogen and oxygen atoms in total. The average Bonchev–Trinajstić information content (AvgIpc) is 3.16. The van der Waals surface area contributed by atoms with Crippen LogP contribution < -0.4 is 20.3 Å². The molecule has 1 aliphatic heterocycles. The number of thiazole rings is 1. The van der Waals surface area contributed by atoms with E-state index in [4.69, 9.17) is 4.74 Å². The summed E-state index contributed by atoms with van der Waals surface area (Å²) < 4.78 is 5.10. The Morgan fingerprint density at radius 2 is 2.00 bits per heavy atom. The number of carbonyl (C=O) groups is 2. The molecule has 0 bridgehead atoms. The van der Waals surface area contributed by atoms with E-state index in [0.717, 1.165) is 31.7 Å². The molecule has 2 amide bonds. The minimum atomic E-state index is -0.0670. The number of ether oxygens (including phenoxy) is 1. The average molecular weight is 375 g/mol. The zero-order valence-corrected chi connectivity index (χ0v) is 15.5. The van der Waals surface area contributed by atoms with Crippen molar-refractivity contribution in [2.45, 2.75) is 18.9 Å². The summed E-state index contributed by atoms with van der Waals surface area (Å²) in [6.07, 6.45) is 3.40. The Morgan fingerprint density at radius 1 is 1.27 bits per heavy atom. The summed E-state index contributed by atoms with van der Waals surface area (Å²) in [7, 11) is 1.60. The molecule has 0 spiro atoms. The van der Waals surface area contributed by atoms with E-state index in [2.05, 4.69) is 15.6 Å². The molecule has 1 aromatic heterocycles. The number of aromatic nitrogens is 1. The number of rotatable bonds is 6. The second-order valence-corrected chi connectivity index (χ2v) is 7.18. The number of methoxy groups -OCH3 is 1. The highest BCUT2D eigenvalue weighted by atomic mass is 32.1. The molecule has 0 unspecified atom stereocenters. The first-order valence-corrected chi connectivity index (χ1v) is 9.50. The van der Waals surface area contributed by atoms with Crippen LogP contribution in [0.15, 0.2) is 35.8 Å². The quantitative estimate of drug-likeness (QED) is 0.689. The van der Waals surface area contributed by atoms with Crippen molar-refractivity contribution >= 4 is 28.3 Å². The molecule has 2 aromatic rings. The van der Waals surface area contributed by atoms with E-state index in [0.29, 0.717) is 17.2 Å². The lowest BCUT2D eigenvalue weighted by atomic mass is 10.0. The molecule has 3 N–H and O–H groups in total. The van der Waals surface area contributed by atoms with Gasteiger partial charge in [-0.1, -0.05) is 0 Å². The maximum Gasteiger partial charge on any atom is 0.281 e. The first-order valence-electron chi connectivity index (χ1n) is 8.62. The Balaban J connectivity index is 1.41. The van der Waals surface area contributed by atoms with E-state index in [1.54, 1.807) is 37.6 Å². The Hall–Kier alpha value is -2.45. The van der Waals surface area contributed by atoms with Crippen LogP contribution in [0.25, 0.3) is 0 Å². The summed E-state index contributed by atoms with van der Waals surface area (Å²) in [6.45, 7) is 2.15. The van der Waals surface area contributed by atoms with Crippen LogP contribution in [0.1, 0.15) is 23.2 Å². The maximum atomic E-state index is 12.3. The molecule has 0 radical (unpaired) electrons. The fourth-order valence-electron chi connectivity index (χ4n) is 3.03. The van der Waals surface area contributed by atoms with Gasteiger partial charge in [0.2, 0.25) is 0 Å². The molecule has 3 rings (SSSR count). The van der Waals surface area contributed by atoms with Crippen molar-refractivity contribution < 1.29 is 19.2 Å². The third kappa shape index (κ3) is 5.03. The number of quaternary nitrogens is 1. The van der Waals surface area contributed by atoms with E-state index in [9.17, 15) is 9.59 Å². The van der Waals surface area contributed by atoms with E-state index in [1.807, 2.05) is 5.38 Å². The van der Waals surface area contributed by atoms with Gasteiger partial charge in [-0.3, -0.25) is 14.9 Å². The third-order valence-corrected chi connectivity index (χ3v) is 5.16. The van der Waals surface area contributed by atoms with Gasteiger partial charge in [-0.15, -0.1) is 11.3 Å². The van der Waals surface area contributed by atoms with Crippen LogP contribution in [-0.4, -0.2) is 49.6 Å². The Kier molecular flexibility index (Phi) is 6.19. The van der Waals surface area contributed by atoms with Crippen molar-refractivity contribution in [1.29, 1.82) is 0 Å². The highest BCUT2D eigenvalue weighted by Gasteiger charge is 2.25. The monoisotopic (exact) mass is 375 g/mol. The number of hydrogen-bond acceptors (Lipinski definition) is 5. The molecule has 26 heavy (non-hydrogen) atoms. The number of nitrogens with one attached hydrogen (secondary N) is 3. The van der Waals surface area contributed by atoms with Gasteiger partial charge in [0.25, 0.3) is 11.8 Å². The van der Waals surface area contributed by atoms with Crippen molar-refractivity contribution in [3.05, 3.63) is 41.4 Å². The van der Waals surface area contributed by atoms with Crippen LogP contribution in [0.2, 0.25) is 0 Å². The van der Waals surface area contributed by atoms with E-state index in [-0.39, 0.29) is 17.9 Å². The highest BCUT2D eigenvalue weighted by Crippen LogP contribution is 2.12. The fourth-order valence-corrected chi connectivity index (χ4v) is 3.58. The van der Waals surface area contributed by atoms with Crippen LogP contribution in [0.4, 0.5) is 5.13 Å². The zero-order valence-electron chi connectivity index (χ0n) is 14.7. The molecule has 0 atom stereocenters. The zero-order chi connectivity index (χ0) is 18.4. The third-order valence-electron chi connectivity index (χ3n) is 4.47. The van der Waals surface area contributed by atoms with Crippen molar-refractivity contribution in [2.75, 3.05) is 32.1 Å². The molecule has 8 heteroatoms. The molecular formula is C18H23N4O3S+. The van der Waals surface area contributed by atoms with Crippen molar-refractivity contribution in [1.82, 2.24) is 10.3 Å². The van der Waals surface area contributed by atoms with Crippen LogP contribution >= 0.6 is 11.3 Å². The Bertz CT molecular complexity index is 725. The summed E-state index contributed by atoms with van der Waals surface area (Å²) >= 11 is 1.41. The lowest BCUT2D eigenvalue weighted by Crippen LogP contribution is -3.14. The van der Waals surface area contributed by atoms with Gasteiger partial charge >= 0.3 is 0 Å². The smallest absolute Gasteiger partial charge is 0.281 e. The van der Waals surface area contributed by atoms with Crippen LogP contribution in [0, 0.1) is 0 Å². The first-order chi connectivity index (χ1) is 12.6. The standard InChI is InChI=1S/C18H22N4O3S/c1-25-15-4-2-13(3-5-15)17(24)20-14-6-9-22(10-7-14)12-16(23)21-18-19-8-11-26-18/h2-5,8,11,14H,6-7,9-10,12H2,1H3,(H,20,24)(H,19,21,23)/p+1. The summed E-state index contributed by atoms with van der Waals surface area (Å²) in [5, 5.41) is 8.36. The minimum absolute atomic E-state index is 0.0179. The molecule has 1 saturated heterocycles. The highest BCUT2D eigenvalue weighted by molar-refractivity contribution is 7.13. The normalized spacial score (nSPS) is 19.6. The van der Waals surface area contributed by atoms with E-state index >= 15 is 0 Å². The van der Waals surface area contributed by atoms with Crippen LogP contribution in [-0.2, 0) is 4.79 Å². The van der Waals surface area contributed by atoms with Gasteiger partial charge in [-0.05, 0) is 24.3 Å². The van der Waals surface area contributed by atoms with Crippen molar-refractivity contribution in [3.63, 3.8) is 0 Å². The van der Waals surface area contributed by atoms with Crippen molar-refractivity contribution in [2.24, 2.45) is 0 Å². The number of likely N-dealkylation sites (tertiary alicyclic amines) is 1. The van der Waals surface area contributed by atoms with Gasteiger partial charge < -0.3 is 15.0 Å². The lowest BCUT2D eigenvalue weighted by Gasteiger charge is -2.29. The van der Waals surface area contributed by atoms with E-state index in [1.165, 1.54) is 16.2 Å². The van der Waals surface area contributed by atoms with Gasteiger partial charge in [-0.2, -0.15) is 0 Å². The molecule has 0 saturated carbocycles. The van der Waals surface area contributed by atoms with Crippen LogP contribution in [0.5, 0.6) is 5.75 Å². The number of amides is 2. The predicted molar refractivity (Wildman–Crippen MR) is 99.8 cm³/mol. The Labute approximate surface area is 156 Å². The van der Waals surface area contributed by atoms with Gasteiger partial charge in [0.05, 0.1) is 20.2 Å². The summed E-state index contributed by atoms with van der Waals surface area (Å²) in [6, 6.07) is 7.23. The Morgan fingerprint density at radius 3 is 2.62 bits per heavy atom. The summed E-state index contributed by atoms with van der Waals surface area (Å²) in [5.41, 5.74) is 0.628. The van der Waals surface area contributed by atoms with Crippen LogP contribution in [0.3, 0.4) is 0 Å². The van der Waals surface area contributed by atoms with Gasteiger partial charge in [0.1, 0.15) is 5.75 Å². The molecule has 2 heterocycles. The minimum Gasteiger partial charge on any atom is -0.497 e. The SMILES string of the molecule is COc1ccc(C(=O)NC2CC[NH+](CC(=O)Nc3nccs3)CC2)cc1. The number of nitrogens with zero attached hydrogens (tertiary/aromatic N) is 1. The second-order valence-electron chi connectivity index (χ2n) is 6.29. The molecule has 1 fully saturated rings. The number of anilines is 1. The van der Waals surface area contributed by atoms with Crippen molar-refractivity contribution in [3.8, 4) is 5.75 Å². The molecular weight excluding hydrogens is 352 g/mol. The fraction of sp³-hybridized carbons (Fsp3) is 0.389. The summed E-state index contributed by atoms with van der Waals surface area (Å²) in [4.78, 5) is 29.6. The number of hydrogen-bond donors (Lipinski definition) is 3. The van der Waals surface area contributed by atoms with Gasteiger partial charge in [0.15, 0.2) is 11.7 Å². The molecule has 0 aliphatic carbocycles. The molecule has 1 aromatic carbocycles. The predicted octanol–water partition coefficient (Wildman–Crippen LogP) is 0.567. The maximum absolute atomic E-state index is 12.3. The number of benzene rings is 1. The second kappa shape index (κ2) is 8.77. The van der Waals surface area contributed by atoms with Gasteiger partial charge in [-0.25, -0.2) is 4.98 Å².